The second kappa shape index (κ2) is 3.33. The van der Waals surface area contributed by atoms with Gasteiger partial charge in [-0.1, -0.05) is 5.16 Å². The zero-order chi connectivity index (χ0) is 10.1. The van der Waals surface area contributed by atoms with Gasteiger partial charge in [-0.05, 0) is 27.7 Å². The van der Waals surface area contributed by atoms with Crippen LogP contribution in [0.2, 0.25) is 0 Å². The lowest BCUT2D eigenvalue weighted by Gasteiger charge is -2.23. The Morgan fingerprint density at radius 1 is 1.46 bits per heavy atom. The van der Waals surface area contributed by atoms with Crippen LogP contribution in [-0.4, -0.2) is 16.2 Å². The van der Waals surface area contributed by atoms with E-state index in [4.69, 9.17) is 10.5 Å². The van der Waals surface area contributed by atoms with E-state index in [9.17, 15) is 0 Å². The van der Waals surface area contributed by atoms with Gasteiger partial charge in [0.15, 0.2) is 0 Å². The Morgan fingerprint density at radius 3 is 2.46 bits per heavy atom. The van der Waals surface area contributed by atoms with Crippen molar-refractivity contribution in [3.05, 3.63) is 5.82 Å². The van der Waals surface area contributed by atoms with Crippen molar-refractivity contribution in [3.63, 3.8) is 0 Å². The Hall–Kier alpha value is -1.10. The van der Waals surface area contributed by atoms with Crippen molar-refractivity contribution in [2.24, 2.45) is 0 Å². The quantitative estimate of drug-likeness (QED) is 0.768. The molecule has 2 N–H and O–H groups in total. The van der Waals surface area contributed by atoms with E-state index in [1.165, 1.54) is 0 Å². The first-order valence-electron chi connectivity index (χ1n) is 4.19. The van der Waals surface area contributed by atoms with E-state index >= 15 is 0 Å². The summed E-state index contributed by atoms with van der Waals surface area (Å²) in [6, 6.07) is 0.0652. The zero-order valence-corrected chi connectivity index (χ0v) is 8.37. The molecule has 0 aliphatic heterocycles. The molecule has 0 unspecified atom stereocenters. The van der Waals surface area contributed by atoms with E-state index in [0.717, 1.165) is 0 Å². The Bertz CT molecular complexity index is 281. The van der Waals surface area contributed by atoms with Crippen LogP contribution in [0.15, 0.2) is 4.52 Å². The summed E-state index contributed by atoms with van der Waals surface area (Å²) >= 11 is 0. The molecule has 5 nitrogen and oxygen atoms in total. The molecular formula is C8H15N3O2. The minimum Gasteiger partial charge on any atom is -0.365 e. The van der Waals surface area contributed by atoms with Crippen LogP contribution in [0, 0.1) is 0 Å². The monoisotopic (exact) mass is 185 g/mol. The second-order valence-corrected chi connectivity index (χ2v) is 3.63. The third-order valence-electron chi connectivity index (χ3n) is 1.51. The summed E-state index contributed by atoms with van der Waals surface area (Å²) in [6.07, 6.45) is 0.106. The lowest BCUT2D eigenvalue weighted by molar-refractivity contribution is -0.0666. The van der Waals surface area contributed by atoms with Gasteiger partial charge in [-0.15, -0.1) is 0 Å². The number of nitrogens with zero attached hydrogens (tertiary/aromatic N) is 2. The lowest BCUT2D eigenvalue weighted by Crippen LogP contribution is -2.26. The van der Waals surface area contributed by atoms with Gasteiger partial charge in [0.1, 0.15) is 5.60 Å². The Morgan fingerprint density at radius 2 is 2.08 bits per heavy atom. The van der Waals surface area contributed by atoms with E-state index in [0.29, 0.717) is 5.82 Å². The fourth-order valence-corrected chi connectivity index (χ4v) is 1.12. The van der Waals surface area contributed by atoms with Gasteiger partial charge >= 0.3 is 6.01 Å². The van der Waals surface area contributed by atoms with Gasteiger partial charge < -0.3 is 15.0 Å². The Labute approximate surface area is 77.3 Å². The largest absolute Gasteiger partial charge is 0.365 e. The summed E-state index contributed by atoms with van der Waals surface area (Å²) in [5, 5.41) is 3.70. The maximum Gasteiger partial charge on any atom is 0.318 e. The van der Waals surface area contributed by atoms with Crippen LogP contribution in [0.25, 0.3) is 0 Å². The molecule has 0 aliphatic carbocycles. The second-order valence-electron chi connectivity index (χ2n) is 3.63. The third kappa shape index (κ3) is 2.42. The maximum absolute atomic E-state index is 5.60. The number of anilines is 1. The molecule has 0 fully saturated rings. The van der Waals surface area contributed by atoms with Crippen molar-refractivity contribution in [1.82, 2.24) is 10.1 Å². The Kier molecular flexibility index (Phi) is 2.56. The highest BCUT2D eigenvalue weighted by Gasteiger charge is 2.28. The number of aromatic nitrogens is 2. The lowest BCUT2D eigenvalue weighted by atomic mass is 10.1. The summed E-state index contributed by atoms with van der Waals surface area (Å²) in [6.45, 7) is 7.64. The number of hydrogen-bond acceptors (Lipinski definition) is 5. The first kappa shape index (κ1) is 9.98. The standard InChI is InChI=1S/C8H15N3O2/c1-5(2)12-8(3,4)6-10-7(9)13-11-6/h5H,1-4H3,(H2,9,10,11). The van der Waals surface area contributed by atoms with Crippen LogP contribution in [-0.2, 0) is 10.3 Å². The molecule has 5 heteroatoms. The number of nitrogen functional groups attached to an aromatic ring is 1. The van der Waals surface area contributed by atoms with Crippen molar-refractivity contribution in [1.29, 1.82) is 0 Å². The minimum atomic E-state index is -0.560. The van der Waals surface area contributed by atoms with Gasteiger partial charge in [0.2, 0.25) is 5.82 Å². The highest BCUT2D eigenvalue weighted by molar-refractivity contribution is 5.10. The number of rotatable bonds is 3. The van der Waals surface area contributed by atoms with E-state index in [1.54, 1.807) is 0 Å². The molecule has 13 heavy (non-hydrogen) atoms. The Balaban J connectivity index is 2.80. The maximum atomic E-state index is 5.60. The molecule has 0 amide bonds. The molecule has 0 bridgehead atoms. The molecule has 0 saturated carbocycles. The average Bonchev–Trinajstić information content (AvgIpc) is 2.32. The van der Waals surface area contributed by atoms with Crippen LogP contribution in [0.5, 0.6) is 0 Å². The van der Waals surface area contributed by atoms with E-state index in [2.05, 4.69) is 14.7 Å². The third-order valence-corrected chi connectivity index (χ3v) is 1.51. The molecule has 74 valence electrons. The fourth-order valence-electron chi connectivity index (χ4n) is 1.12. The normalized spacial score (nSPS) is 12.4. The zero-order valence-electron chi connectivity index (χ0n) is 8.37. The number of nitrogens with two attached hydrogens (primary N) is 1. The molecule has 0 aliphatic rings. The van der Waals surface area contributed by atoms with Gasteiger partial charge in [0, 0.05) is 0 Å². The molecule has 0 radical (unpaired) electrons. The predicted octanol–water partition coefficient (Wildman–Crippen LogP) is 1.31. The molecule has 1 aromatic rings. The molecule has 1 rings (SSSR count). The van der Waals surface area contributed by atoms with Gasteiger partial charge in [0.05, 0.1) is 6.10 Å². The SMILES string of the molecule is CC(C)OC(C)(C)c1noc(N)n1. The van der Waals surface area contributed by atoms with Gasteiger partial charge in [-0.25, -0.2) is 0 Å². The predicted molar refractivity (Wildman–Crippen MR) is 48.0 cm³/mol. The molecule has 0 aromatic carbocycles. The van der Waals surface area contributed by atoms with E-state index < -0.39 is 5.60 Å². The molecular weight excluding hydrogens is 170 g/mol. The van der Waals surface area contributed by atoms with Crippen LogP contribution in [0.4, 0.5) is 6.01 Å². The van der Waals surface area contributed by atoms with Crippen molar-refractivity contribution >= 4 is 6.01 Å². The van der Waals surface area contributed by atoms with Crippen LogP contribution < -0.4 is 5.73 Å². The first-order chi connectivity index (χ1) is 5.92. The van der Waals surface area contributed by atoms with Crippen LogP contribution >= 0.6 is 0 Å². The smallest absolute Gasteiger partial charge is 0.318 e. The number of hydrogen-bond donors (Lipinski definition) is 1. The fraction of sp³-hybridized carbons (Fsp3) is 0.750. The topological polar surface area (TPSA) is 74.2 Å². The summed E-state index contributed by atoms with van der Waals surface area (Å²) in [4.78, 5) is 3.91. The van der Waals surface area contributed by atoms with Gasteiger partial charge in [-0.2, -0.15) is 4.98 Å². The summed E-state index contributed by atoms with van der Waals surface area (Å²) in [5.41, 5.74) is 4.75. The first-order valence-corrected chi connectivity index (χ1v) is 4.19. The van der Waals surface area contributed by atoms with Crippen molar-refractivity contribution in [2.45, 2.75) is 39.4 Å². The average molecular weight is 185 g/mol. The summed E-state index contributed by atoms with van der Waals surface area (Å²) in [5.74, 6) is 0.471. The molecule has 0 spiro atoms. The van der Waals surface area contributed by atoms with Crippen molar-refractivity contribution < 1.29 is 9.26 Å². The number of ether oxygens (including phenoxy) is 1. The van der Waals surface area contributed by atoms with E-state index in [-0.39, 0.29) is 12.1 Å². The molecule has 0 atom stereocenters. The summed E-state index contributed by atoms with van der Waals surface area (Å²) < 4.78 is 10.3. The highest BCUT2D eigenvalue weighted by atomic mass is 16.5. The highest BCUT2D eigenvalue weighted by Crippen LogP contribution is 2.23. The van der Waals surface area contributed by atoms with Crippen molar-refractivity contribution in [3.8, 4) is 0 Å². The molecule has 1 aromatic heterocycles. The minimum absolute atomic E-state index is 0.0652. The summed E-state index contributed by atoms with van der Waals surface area (Å²) in [7, 11) is 0. The van der Waals surface area contributed by atoms with Crippen LogP contribution in [0.3, 0.4) is 0 Å². The molecule has 0 saturated heterocycles. The van der Waals surface area contributed by atoms with E-state index in [1.807, 2.05) is 27.7 Å². The molecule has 1 heterocycles. The van der Waals surface area contributed by atoms with Crippen LogP contribution in [0.1, 0.15) is 33.5 Å². The van der Waals surface area contributed by atoms with Gasteiger partial charge in [-0.3, -0.25) is 0 Å². The van der Waals surface area contributed by atoms with Gasteiger partial charge in [0.25, 0.3) is 0 Å². The van der Waals surface area contributed by atoms with Crippen molar-refractivity contribution in [2.75, 3.05) is 5.73 Å².